The fourth-order valence-corrected chi connectivity index (χ4v) is 2.45. The first-order valence-electron chi connectivity index (χ1n) is 6.37. The molecule has 1 heterocycles. The smallest absolute Gasteiger partial charge is 0.239 e. The van der Waals surface area contributed by atoms with Crippen LogP contribution in [-0.2, 0) is 14.3 Å². The van der Waals surface area contributed by atoms with E-state index in [0.717, 1.165) is 6.42 Å². The van der Waals surface area contributed by atoms with Crippen molar-refractivity contribution in [2.45, 2.75) is 37.9 Å². The zero-order chi connectivity index (χ0) is 13.3. The third-order valence-corrected chi connectivity index (χ3v) is 3.66. The Morgan fingerprint density at radius 3 is 2.79 bits per heavy atom. The lowest BCUT2D eigenvalue weighted by molar-refractivity contribution is -0.128. The van der Waals surface area contributed by atoms with Crippen LogP contribution in [0, 0.1) is 5.92 Å². The second-order valence-corrected chi connectivity index (χ2v) is 5.30. The molecule has 2 rings (SSSR count). The highest BCUT2D eigenvalue weighted by Crippen LogP contribution is 2.37. The van der Waals surface area contributed by atoms with E-state index >= 15 is 0 Å². The fraction of sp³-hybridized carbons (Fsp3) is 0.833. The molecular formula is C12H22ClN3O3. The number of methoxy groups -OCH3 is 1. The average Bonchev–Trinajstić information content (AvgIpc) is 2.91. The Hall–Kier alpha value is -0.850. The molecule has 1 aliphatic carbocycles. The van der Waals surface area contributed by atoms with Crippen LogP contribution in [0.4, 0.5) is 0 Å². The van der Waals surface area contributed by atoms with Gasteiger partial charge in [-0.05, 0) is 12.3 Å². The molecule has 0 spiro atoms. The summed E-state index contributed by atoms with van der Waals surface area (Å²) in [4.78, 5) is 25.4. The summed E-state index contributed by atoms with van der Waals surface area (Å²) in [5.41, 5.74) is 5.63. The molecule has 4 unspecified atom stereocenters. The number of likely N-dealkylation sites (tertiary alicyclic amines) is 1. The van der Waals surface area contributed by atoms with Gasteiger partial charge in [-0.25, -0.2) is 0 Å². The van der Waals surface area contributed by atoms with Gasteiger partial charge in [0.1, 0.15) is 6.04 Å². The maximum absolute atomic E-state index is 11.8. The molecule has 0 aromatic heterocycles. The number of carbonyl (C=O) groups is 2. The van der Waals surface area contributed by atoms with Crippen LogP contribution in [0.25, 0.3) is 0 Å². The van der Waals surface area contributed by atoms with Crippen molar-refractivity contribution in [2.75, 3.05) is 20.3 Å². The lowest BCUT2D eigenvalue weighted by Gasteiger charge is -2.18. The van der Waals surface area contributed by atoms with Crippen molar-refractivity contribution in [3.63, 3.8) is 0 Å². The van der Waals surface area contributed by atoms with Gasteiger partial charge < -0.3 is 20.7 Å². The van der Waals surface area contributed by atoms with Gasteiger partial charge in [0.05, 0.1) is 12.6 Å². The molecule has 110 valence electrons. The molecule has 6 nitrogen and oxygen atoms in total. The second kappa shape index (κ2) is 6.54. The molecule has 4 atom stereocenters. The van der Waals surface area contributed by atoms with Crippen LogP contribution in [0.3, 0.4) is 0 Å². The highest BCUT2D eigenvalue weighted by atomic mass is 35.5. The number of ether oxygens (including phenoxy) is 1. The Bertz CT molecular complexity index is 353. The van der Waals surface area contributed by atoms with E-state index in [0.29, 0.717) is 24.9 Å². The van der Waals surface area contributed by atoms with Crippen molar-refractivity contribution < 1.29 is 14.3 Å². The summed E-state index contributed by atoms with van der Waals surface area (Å²) in [6.45, 7) is 2.94. The number of hydrogen-bond donors (Lipinski definition) is 2. The minimum Gasteiger partial charge on any atom is -0.383 e. The molecule has 1 aliphatic heterocycles. The molecule has 2 aliphatic rings. The molecule has 0 radical (unpaired) electrons. The van der Waals surface area contributed by atoms with Crippen molar-refractivity contribution in [2.24, 2.45) is 11.7 Å². The number of carbonyl (C=O) groups excluding carboxylic acids is 2. The zero-order valence-corrected chi connectivity index (χ0v) is 12.1. The van der Waals surface area contributed by atoms with Crippen molar-refractivity contribution in [1.82, 2.24) is 10.2 Å². The molecule has 0 aromatic rings. The predicted octanol–water partition coefficient (Wildman–Crippen LogP) is -0.493. The molecule has 2 amide bonds. The van der Waals surface area contributed by atoms with Crippen LogP contribution >= 0.6 is 12.4 Å². The van der Waals surface area contributed by atoms with Gasteiger partial charge in [-0.1, -0.05) is 6.92 Å². The van der Waals surface area contributed by atoms with E-state index in [1.165, 1.54) is 7.11 Å². The van der Waals surface area contributed by atoms with E-state index in [9.17, 15) is 9.59 Å². The van der Waals surface area contributed by atoms with E-state index in [-0.39, 0.29) is 36.9 Å². The summed E-state index contributed by atoms with van der Waals surface area (Å²) < 4.78 is 4.83. The van der Waals surface area contributed by atoms with Gasteiger partial charge in [0.25, 0.3) is 0 Å². The first kappa shape index (κ1) is 16.2. The van der Waals surface area contributed by atoms with Gasteiger partial charge in [0, 0.05) is 26.1 Å². The van der Waals surface area contributed by atoms with Crippen LogP contribution in [0.15, 0.2) is 0 Å². The van der Waals surface area contributed by atoms with Gasteiger partial charge >= 0.3 is 0 Å². The van der Waals surface area contributed by atoms with Gasteiger partial charge in [-0.2, -0.15) is 0 Å². The number of rotatable bonds is 5. The van der Waals surface area contributed by atoms with Crippen LogP contribution in [-0.4, -0.2) is 55.1 Å². The lowest BCUT2D eigenvalue weighted by Crippen LogP contribution is -2.48. The molecule has 2 fully saturated rings. The molecule has 0 bridgehead atoms. The average molecular weight is 292 g/mol. The number of hydrogen-bond acceptors (Lipinski definition) is 4. The maximum atomic E-state index is 11.8. The van der Waals surface area contributed by atoms with Gasteiger partial charge in [-0.15, -0.1) is 12.4 Å². The number of halogens is 1. The summed E-state index contributed by atoms with van der Waals surface area (Å²) >= 11 is 0. The Balaban J connectivity index is 0.00000180. The standard InChI is InChI=1S/C12H21N3O3.ClH/c1-7-3-10(7)15-5-8(4-11(15)16)14-12(17)9(13)6-18-2;/h7-10H,3-6,13H2,1-2H3,(H,14,17);1H. The summed E-state index contributed by atoms with van der Waals surface area (Å²) in [6.07, 6.45) is 1.46. The fourth-order valence-electron chi connectivity index (χ4n) is 2.45. The first-order valence-corrected chi connectivity index (χ1v) is 6.37. The Kier molecular flexibility index (Phi) is 5.58. The Morgan fingerprint density at radius 2 is 2.26 bits per heavy atom. The molecule has 0 aromatic carbocycles. The maximum Gasteiger partial charge on any atom is 0.239 e. The topological polar surface area (TPSA) is 84.7 Å². The van der Waals surface area contributed by atoms with Crippen molar-refractivity contribution >= 4 is 24.2 Å². The molecule has 1 saturated carbocycles. The number of amides is 2. The Labute approximate surface area is 119 Å². The van der Waals surface area contributed by atoms with Crippen molar-refractivity contribution in [3.8, 4) is 0 Å². The second-order valence-electron chi connectivity index (χ2n) is 5.30. The molecular weight excluding hydrogens is 270 g/mol. The zero-order valence-electron chi connectivity index (χ0n) is 11.3. The first-order chi connectivity index (χ1) is 8.52. The largest absolute Gasteiger partial charge is 0.383 e. The van der Waals surface area contributed by atoms with Crippen LogP contribution in [0.2, 0.25) is 0 Å². The summed E-state index contributed by atoms with van der Waals surface area (Å²) in [5.74, 6) is 0.481. The van der Waals surface area contributed by atoms with E-state index < -0.39 is 6.04 Å². The highest BCUT2D eigenvalue weighted by molar-refractivity contribution is 5.85. The number of nitrogens with zero attached hydrogens (tertiary/aromatic N) is 1. The molecule has 1 saturated heterocycles. The minimum absolute atomic E-state index is 0. The highest BCUT2D eigenvalue weighted by Gasteiger charge is 2.44. The van der Waals surface area contributed by atoms with E-state index in [1.54, 1.807) is 0 Å². The minimum atomic E-state index is -0.668. The van der Waals surface area contributed by atoms with Crippen molar-refractivity contribution in [3.05, 3.63) is 0 Å². The lowest BCUT2D eigenvalue weighted by atomic mass is 10.2. The Morgan fingerprint density at radius 1 is 1.63 bits per heavy atom. The predicted molar refractivity (Wildman–Crippen MR) is 72.9 cm³/mol. The molecule has 19 heavy (non-hydrogen) atoms. The van der Waals surface area contributed by atoms with Gasteiger partial charge in [0.15, 0.2) is 0 Å². The third-order valence-electron chi connectivity index (χ3n) is 3.66. The van der Waals surface area contributed by atoms with Crippen LogP contribution in [0.5, 0.6) is 0 Å². The van der Waals surface area contributed by atoms with E-state index in [1.807, 2.05) is 4.90 Å². The summed E-state index contributed by atoms with van der Waals surface area (Å²) in [6, 6.07) is -0.397. The van der Waals surface area contributed by atoms with Gasteiger partial charge in [0.2, 0.25) is 11.8 Å². The normalized spacial score (nSPS) is 30.8. The van der Waals surface area contributed by atoms with Crippen LogP contribution < -0.4 is 11.1 Å². The monoisotopic (exact) mass is 291 g/mol. The number of nitrogens with two attached hydrogens (primary N) is 1. The van der Waals surface area contributed by atoms with E-state index in [4.69, 9.17) is 10.5 Å². The molecule has 7 heteroatoms. The number of nitrogens with one attached hydrogen (secondary N) is 1. The quantitative estimate of drug-likeness (QED) is 0.716. The van der Waals surface area contributed by atoms with Gasteiger partial charge in [-0.3, -0.25) is 9.59 Å². The third kappa shape index (κ3) is 3.81. The van der Waals surface area contributed by atoms with E-state index in [2.05, 4.69) is 12.2 Å². The molecule has 3 N–H and O–H groups in total. The SMILES string of the molecule is COCC(N)C(=O)NC1CC(=O)N(C2CC2C)C1.Cl. The van der Waals surface area contributed by atoms with Crippen LogP contribution in [0.1, 0.15) is 19.8 Å². The van der Waals surface area contributed by atoms with Crippen molar-refractivity contribution in [1.29, 1.82) is 0 Å². The summed E-state index contributed by atoms with van der Waals surface area (Å²) in [5, 5.41) is 2.81. The summed E-state index contributed by atoms with van der Waals surface area (Å²) in [7, 11) is 1.50.